The molecule has 168 valence electrons. The Balaban J connectivity index is 1.60. The first-order chi connectivity index (χ1) is 14.8. The lowest BCUT2D eigenvalue weighted by atomic mass is 10.1. The van der Waals surface area contributed by atoms with Crippen molar-refractivity contribution < 1.29 is 17.9 Å². The molecular weight excluding hydrogens is 414 g/mol. The molecule has 1 atom stereocenters. The molecule has 0 aliphatic carbocycles. The van der Waals surface area contributed by atoms with E-state index in [-0.39, 0.29) is 5.91 Å². The molecule has 8 heteroatoms. The SMILES string of the molecule is CC[C@@H](Oc1ccc(N(C)S(C)(=O)=O)cc1)C(=O)Nc1ccc(N2CCCCC2)cc1. The van der Waals surface area contributed by atoms with E-state index in [4.69, 9.17) is 4.74 Å². The zero-order valence-electron chi connectivity index (χ0n) is 18.4. The molecule has 0 spiro atoms. The van der Waals surface area contributed by atoms with Crippen LogP contribution in [0.2, 0.25) is 0 Å². The first-order valence-corrected chi connectivity index (χ1v) is 12.5. The molecule has 31 heavy (non-hydrogen) atoms. The van der Waals surface area contributed by atoms with Crippen LogP contribution in [0, 0.1) is 0 Å². The van der Waals surface area contributed by atoms with Gasteiger partial charge in [-0.05, 0) is 74.2 Å². The minimum atomic E-state index is -3.33. The number of amides is 1. The Kier molecular flexibility index (Phi) is 7.43. The highest BCUT2D eigenvalue weighted by molar-refractivity contribution is 7.92. The Hall–Kier alpha value is -2.74. The van der Waals surface area contributed by atoms with E-state index >= 15 is 0 Å². The fraction of sp³-hybridized carbons (Fsp3) is 0.435. The summed E-state index contributed by atoms with van der Waals surface area (Å²) in [5.74, 6) is 0.290. The van der Waals surface area contributed by atoms with Crippen molar-refractivity contribution in [1.82, 2.24) is 0 Å². The van der Waals surface area contributed by atoms with Crippen molar-refractivity contribution in [2.75, 3.05) is 40.9 Å². The van der Waals surface area contributed by atoms with E-state index in [0.29, 0.717) is 17.9 Å². The van der Waals surface area contributed by atoms with Crippen molar-refractivity contribution in [2.24, 2.45) is 0 Å². The molecule has 0 saturated carbocycles. The van der Waals surface area contributed by atoms with Gasteiger partial charge in [-0.1, -0.05) is 6.92 Å². The summed E-state index contributed by atoms with van der Waals surface area (Å²) in [5.41, 5.74) is 2.44. The van der Waals surface area contributed by atoms with Crippen LogP contribution < -0.4 is 19.3 Å². The predicted octanol–water partition coefficient (Wildman–Crippen LogP) is 3.87. The lowest BCUT2D eigenvalue weighted by Gasteiger charge is -2.29. The van der Waals surface area contributed by atoms with Crippen molar-refractivity contribution in [1.29, 1.82) is 0 Å². The van der Waals surface area contributed by atoms with Gasteiger partial charge in [0.2, 0.25) is 10.0 Å². The molecule has 1 fully saturated rings. The maximum absolute atomic E-state index is 12.7. The third-order valence-corrected chi connectivity index (χ3v) is 6.70. The molecule has 2 aromatic carbocycles. The fourth-order valence-corrected chi connectivity index (χ4v) is 4.05. The second kappa shape index (κ2) is 10.0. The molecule has 3 rings (SSSR count). The number of sulfonamides is 1. The lowest BCUT2D eigenvalue weighted by Crippen LogP contribution is -2.32. The van der Waals surface area contributed by atoms with Crippen molar-refractivity contribution in [3.8, 4) is 5.75 Å². The predicted molar refractivity (Wildman–Crippen MR) is 126 cm³/mol. The van der Waals surface area contributed by atoms with Crippen LogP contribution in [0.1, 0.15) is 32.6 Å². The van der Waals surface area contributed by atoms with Gasteiger partial charge in [0.25, 0.3) is 5.91 Å². The van der Waals surface area contributed by atoms with E-state index < -0.39 is 16.1 Å². The van der Waals surface area contributed by atoms with Crippen LogP contribution in [0.3, 0.4) is 0 Å². The molecule has 7 nitrogen and oxygen atoms in total. The summed E-state index contributed by atoms with van der Waals surface area (Å²) < 4.78 is 30.3. The zero-order chi connectivity index (χ0) is 22.4. The summed E-state index contributed by atoms with van der Waals surface area (Å²) in [6.07, 6.45) is 4.73. The number of nitrogens with one attached hydrogen (secondary N) is 1. The normalized spacial score (nSPS) is 15.3. The van der Waals surface area contributed by atoms with E-state index in [0.717, 1.165) is 25.0 Å². The number of benzene rings is 2. The molecule has 2 aromatic rings. The van der Waals surface area contributed by atoms with Crippen LogP contribution in [0.5, 0.6) is 5.75 Å². The molecule has 1 heterocycles. The van der Waals surface area contributed by atoms with Gasteiger partial charge in [0.05, 0.1) is 11.9 Å². The molecule has 0 bridgehead atoms. The number of nitrogens with zero attached hydrogens (tertiary/aromatic N) is 2. The van der Waals surface area contributed by atoms with Crippen LogP contribution in [-0.4, -0.2) is 46.8 Å². The summed E-state index contributed by atoms with van der Waals surface area (Å²) in [6, 6.07) is 14.6. The second-order valence-corrected chi connectivity index (χ2v) is 9.84. The quantitative estimate of drug-likeness (QED) is 0.667. The molecular formula is C23H31N3O4S. The largest absolute Gasteiger partial charge is 0.481 e. The lowest BCUT2D eigenvalue weighted by molar-refractivity contribution is -0.122. The van der Waals surface area contributed by atoms with Gasteiger partial charge >= 0.3 is 0 Å². The number of hydrogen-bond acceptors (Lipinski definition) is 5. The Morgan fingerprint density at radius 2 is 1.68 bits per heavy atom. The van der Waals surface area contributed by atoms with Crippen LogP contribution in [0.15, 0.2) is 48.5 Å². The van der Waals surface area contributed by atoms with E-state index in [1.54, 1.807) is 24.3 Å². The Labute approximate surface area is 185 Å². The average Bonchev–Trinajstić information content (AvgIpc) is 2.78. The Morgan fingerprint density at radius 3 is 2.23 bits per heavy atom. The van der Waals surface area contributed by atoms with Gasteiger partial charge in [-0.2, -0.15) is 0 Å². The first kappa shape index (κ1) is 22.9. The Bertz CT molecular complexity index is 969. The zero-order valence-corrected chi connectivity index (χ0v) is 19.2. The summed E-state index contributed by atoms with van der Waals surface area (Å²) in [6.45, 7) is 4.04. The number of hydrogen-bond donors (Lipinski definition) is 1. The molecule has 0 radical (unpaired) electrons. The number of carbonyl (C=O) groups excluding carboxylic acids is 1. The number of ether oxygens (including phenoxy) is 1. The van der Waals surface area contributed by atoms with Crippen LogP contribution in [0.4, 0.5) is 17.1 Å². The molecule has 0 unspecified atom stereocenters. The minimum Gasteiger partial charge on any atom is -0.481 e. The summed E-state index contributed by atoms with van der Waals surface area (Å²) in [4.78, 5) is 15.1. The third kappa shape index (κ3) is 6.13. The van der Waals surface area contributed by atoms with Gasteiger partial charge in [0, 0.05) is 31.5 Å². The highest BCUT2D eigenvalue weighted by Crippen LogP contribution is 2.24. The van der Waals surface area contributed by atoms with Gasteiger partial charge in [-0.15, -0.1) is 0 Å². The van der Waals surface area contributed by atoms with Crippen LogP contribution >= 0.6 is 0 Å². The van der Waals surface area contributed by atoms with E-state index in [1.165, 1.54) is 36.3 Å². The molecule has 0 aromatic heterocycles. The monoisotopic (exact) mass is 445 g/mol. The van der Waals surface area contributed by atoms with E-state index in [9.17, 15) is 13.2 Å². The van der Waals surface area contributed by atoms with Crippen molar-refractivity contribution in [2.45, 2.75) is 38.7 Å². The summed E-state index contributed by atoms with van der Waals surface area (Å²) in [5, 5.41) is 2.92. The molecule has 1 amide bonds. The summed E-state index contributed by atoms with van der Waals surface area (Å²) >= 11 is 0. The molecule has 1 aliphatic heterocycles. The van der Waals surface area contributed by atoms with Gasteiger partial charge in [0.15, 0.2) is 6.10 Å². The maximum Gasteiger partial charge on any atom is 0.265 e. The number of piperidine rings is 1. The first-order valence-electron chi connectivity index (χ1n) is 10.6. The maximum atomic E-state index is 12.7. The number of anilines is 3. The van der Waals surface area contributed by atoms with Gasteiger partial charge < -0.3 is 15.0 Å². The van der Waals surface area contributed by atoms with E-state index in [1.807, 2.05) is 31.2 Å². The minimum absolute atomic E-state index is 0.217. The smallest absolute Gasteiger partial charge is 0.265 e. The highest BCUT2D eigenvalue weighted by Gasteiger charge is 2.19. The fourth-order valence-electron chi connectivity index (χ4n) is 3.54. The van der Waals surface area contributed by atoms with Crippen molar-refractivity contribution >= 4 is 33.0 Å². The van der Waals surface area contributed by atoms with Crippen LogP contribution in [0.25, 0.3) is 0 Å². The average molecular weight is 446 g/mol. The van der Waals surface area contributed by atoms with Gasteiger partial charge in [-0.3, -0.25) is 9.10 Å². The van der Waals surface area contributed by atoms with Crippen molar-refractivity contribution in [3.05, 3.63) is 48.5 Å². The highest BCUT2D eigenvalue weighted by atomic mass is 32.2. The topological polar surface area (TPSA) is 78.9 Å². The second-order valence-electron chi connectivity index (χ2n) is 7.82. The van der Waals surface area contributed by atoms with Gasteiger partial charge in [-0.25, -0.2) is 8.42 Å². The Morgan fingerprint density at radius 1 is 1.06 bits per heavy atom. The third-order valence-electron chi connectivity index (χ3n) is 5.50. The van der Waals surface area contributed by atoms with Crippen LogP contribution in [-0.2, 0) is 14.8 Å². The van der Waals surface area contributed by atoms with Gasteiger partial charge in [0.1, 0.15) is 5.75 Å². The number of carbonyl (C=O) groups is 1. The standard InChI is InChI=1S/C23H31N3O4S/c1-4-22(30-21-14-12-19(13-15-21)25(2)31(3,28)29)23(27)24-18-8-10-20(11-9-18)26-16-6-5-7-17-26/h8-15,22H,4-7,16-17H2,1-3H3,(H,24,27)/t22-/m1/s1. The molecule has 1 N–H and O–H groups in total. The molecule has 1 saturated heterocycles. The van der Waals surface area contributed by atoms with E-state index in [2.05, 4.69) is 10.2 Å². The molecule has 1 aliphatic rings. The summed E-state index contributed by atoms with van der Waals surface area (Å²) in [7, 11) is -1.84. The number of rotatable bonds is 8. The van der Waals surface area contributed by atoms with Crippen molar-refractivity contribution in [3.63, 3.8) is 0 Å².